The van der Waals surface area contributed by atoms with Crippen molar-refractivity contribution in [3.05, 3.63) is 40.9 Å². The number of nitrogens with one attached hydrogen (secondary N) is 1. The summed E-state index contributed by atoms with van der Waals surface area (Å²) >= 11 is 1.29. The molecule has 5 nitrogen and oxygen atoms in total. The number of hydrogen-bond donors (Lipinski definition) is 1. The minimum absolute atomic E-state index is 0.0646. The first kappa shape index (κ1) is 19.2. The highest BCUT2D eigenvalue weighted by molar-refractivity contribution is 8.04. The second kappa shape index (κ2) is 7.87. The minimum Gasteiger partial charge on any atom is -0.325 e. The van der Waals surface area contributed by atoms with Gasteiger partial charge in [0.05, 0.1) is 10.8 Å². The van der Waals surface area contributed by atoms with Crippen LogP contribution in [0, 0.1) is 5.41 Å². The normalized spacial score (nSPS) is 16.4. The monoisotopic (exact) mass is 360 g/mol. The highest BCUT2D eigenvalue weighted by atomic mass is 32.2. The van der Waals surface area contributed by atoms with Crippen molar-refractivity contribution in [1.82, 2.24) is 4.90 Å². The molecule has 0 aliphatic carbocycles. The van der Waals surface area contributed by atoms with Crippen molar-refractivity contribution < 1.29 is 14.4 Å². The average molecular weight is 360 g/mol. The van der Waals surface area contributed by atoms with E-state index < -0.39 is 5.41 Å². The highest BCUT2D eigenvalue weighted by Crippen LogP contribution is 2.30. The molecule has 0 spiro atoms. The Labute approximate surface area is 152 Å². The number of nitrogens with zero attached hydrogens (tertiary/aromatic N) is 1. The maximum Gasteiger partial charge on any atom is 0.244 e. The van der Waals surface area contributed by atoms with Gasteiger partial charge in [-0.15, -0.1) is 0 Å². The van der Waals surface area contributed by atoms with Gasteiger partial charge in [0.15, 0.2) is 5.78 Å². The fourth-order valence-electron chi connectivity index (χ4n) is 2.20. The van der Waals surface area contributed by atoms with Crippen LogP contribution < -0.4 is 5.32 Å². The predicted octanol–water partition coefficient (Wildman–Crippen LogP) is 3.22. The number of allylic oxidation sites excluding steroid dienone is 1. The number of ketones is 1. The molecule has 0 radical (unpaired) electrons. The fourth-order valence-corrected chi connectivity index (χ4v) is 3.14. The number of rotatable bonds is 5. The molecule has 1 N–H and O–H groups in total. The Morgan fingerprint density at radius 1 is 1.24 bits per heavy atom. The van der Waals surface area contributed by atoms with Gasteiger partial charge in [0.25, 0.3) is 0 Å². The molecule has 0 unspecified atom stereocenters. The molecule has 2 rings (SSSR count). The smallest absolute Gasteiger partial charge is 0.244 e. The second-order valence-corrected chi connectivity index (χ2v) is 7.96. The van der Waals surface area contributed by atoms with Crippen molar-refractivity contribution in [3.63, 3.8) is 0 Å². The van der Waals surface area contributed by atoms with Gasteiger partial charge in [-0.3, -0.25) is 19.3 Å². The summed E-state index contributed by atoms with van der Waals surface area (Å²) in [5.41, 5.74) is 1.36. The third kappa shape index (κ3) is 5.19. The molecule has 0 bridgehead atoms. The first-order valence-corrected chi connectivity index (χ1v) is 9.27. The van der Waals surface area contributed by atoms with Crippen LogP contribution in [-0.4, -0.2) is 34.8 Å². The SMILES string of the molecule is CCc1ccc(NC(=O)CN2C(=O)CS/C2=C\C(=O)C(C)(C)C)cc1. The van der Waals surface area contributed by atoms with Gasteiger partial charge in [-0.1, -0.05) is 51.6 Å². The molecule has 0 saturated carbocycles. The number of carbonyl (C=O) groups excluding carboxylic acids is 3. The number of carbonyl (C=O) groups is 3. The van der Waals surface area contributed by atoms with Crippen LogP contribution >= 0.6 is 11.8 Å². The van der Waals surface area contributed by atoms with E-state index in [0.29, 0.717) is 10.7 Å². The lowest BCUT2D eigenvalue weighted by Crippen LogP contribution is -2.34. The van der Waals surface area contributed by atoms with Gasteiger partial charge in [0.2, 0.25) is 11.8 Å². The van der Waals surface area contributed by atoms with Gasteiger partial charge in [0, 0.05) is 17.2 Å². The summed E-state index contributed by atoms with van der Waals surface area (Å²) < 4.78 is 0. The molecule has 1 aromatic rings. The topological polar surface area (TPSA) is 66.5 Å². The van der Waals surface area contributed by atoms with E-state index in [0.717, 1.165) is 6.42 Å². The largest absolute Gasteiger partial charge is 0.325 e. The van der Waals surface area contributed by atoms with Gasteiger partial charge in [-0.25, -0.2) is 0 Å². The van der Waals surface area contributed by atoms with Crippen molar-refractivity contribution in [2.24, 2.45) is 5.41 Å². The molecule has 1 aliphatic rings. The lowest BCUT2D eigenvalue weighted by atomic mass is 9.91. The van der Waals surface area contributed by atoms with Crippen LogP contribution in [0.15, 0.2) is 35.4 Å². The van der Waals surface area contributed by atoms with E-state index in [4.69, 9.17) is 0 Å². The molecular formula is C19H24N2O3S. The second-order valence-electron chi connectivity index (χ2n) is 6.96. The maximum absolute atomic E-state index is 12.3. The van der Waals surface area contributed by atoms with E-state index in [-0.39, 0.29) is 29.9 Å². The number of amides is 2. The van der Waals surface area contributed by atoms with Crippen molar-refractivity contribution in [3.8, 4) is 0 Å². The number of hydrogen-bond acceptors (Lipinski definition) is 4. The first-order valence-electron chi connectivity index (χ1n) is 8.29. The maximum atomic E-state index is 12.3. The van der Waals surface area contributed by atoms with Gasteiger partial charge in [-0.2, -0.15) is 0 Å². The standard InChI is InChI=1S/C19H24N2O3S/c1-5-13-6-8-14(9-7-13)20-16(23)11-21-17(24)12-25-18(21)10-15(22)19(2,3)4/h6-10H,5,11-12H2,1-4H3,(H,20,23)/b18-10-. The van der Waals surface area contributed by atoms with Crippen LogP contribution in [0.1, 0.15) is 33.3 Å². The molecule has 0 atom stereocenters. The third-order valence-corrected chi connectivity index (χ3v) is 4.88. The molecule has 1 aromatic carbocycles. The minimum atomic E-state index is -0.520. The Balaban J connectivity index is 2.05. The summed E-state index contributed by atoms with van der Waals surface area (Å²) in [6.07, 6.45) is 2.41. The molecule has 1 aliphatic heterocycles. The van der Waals surface area contributed by atoms with E-state index in [9.17, 15) is 14.4 Å². The molecule has 25 heavy (non-hydrogen) atoms. The molecule has 0 aromatic heterocycles. The van der Waals surface area contributed by atoms with Crippen LogP contribution in [0.5, 0.6) is 0 Å². The lowest BCUT2D eigenvalue weighted by Gasteiger charge is -2.19. The number of benzene rings is 1. The van der Waals surface area contributed by atoms with Gasteiger partial charge >= 0.3 is 0 Å². The van der Waals surface area contributed by atoms with E-state index in [1.54, 1.807) is 0 Å². The molecule has 1 fully saturated rings. The number of thioether (sulfide) groups is 1. The summed E-state index contributed by atoms with van der Waals surface area (Å²) in [4.78, 5) is 37.9. The quantitative estimate of drug-likeness (QED) is 0.819. The van der Waals surface area contributed by atoms with Crippen LogP contribution in [-0.2, 0) is 20.8 Å². The number of aryl methyl sites for hydroxylation is 1. The molecular weight excluding hydrogens is 336 g/mol. The molecule has 1 saturated heterocycles. The summed E-state index contributed by atoms with van der Waals surface area (Å²) in [5.74, 6) is -0.254. The zero-order valence-electron chi connectivity index (χ0n) is 15.1. The van der Waals surface area contributed by atoms with Crippen molar-refractivity contribution >= 4 is 35.0 Å². The average Bonchev–Trinajstić information content (AvgIpc) is 2.88. The Bertz CT molecular complexity index is 702. The molecule has 1 heterocycles. The Kier molecular flexibility index (Phi) is 6.06. The Morgan fingerprint density at radius 2 is 1.88 bits per heavy atom. The zero-order valence-corrected chi connectivity index (χ0v) is 15.9. The van der Waals surface area contributed by atoms with Crippen molar-refractivity contribution in [2.45, 2.75) is 34.1 Å². The van der Waals surface area contributed by atoms with Crippen LogP contribution in [0.2, 0.25) is 0 Å². The first-order chi connectivity index (χ1) is 11.7. The third-order valence-electron chi connectivity index (χ3n) is 3.85. The van der Waals surface area contributed by atoms with Crippen LogP contribution in [0.4, 0.5) is 5.69 Å². The summed E-state index contributed by atoms with van der Waals surface area (Å²) in [6, 6.07) is 7.61. The van der Waals surface area contributed by atoms with Gasteiger partial charge in [0.1, 0.15) is 6.54 Å². The van der Waals surface area contributed by atoms with E-state index >= 15 is 0 Å². The summed E-state index contributed by atoms with van der Waals surface area (Å²) in [7, 11) is 0. The van der Waals surface area contributed by atoms with Crippen LogP contribution in [0.3, 0.4) is 0 Å². The van der Waals surface area contributed by atoms with Crippen LogP contribution in [0.25, 0.3) is 0 Å². The van der Waals surface area contributed by atoms with Crippen molar-refractivity contribution in [1.29, 1.82) is 0 Å². The van der Waals surface area contributed by atoms with Gasteiger partial charge in [-0.05, 0) is 24.1 Å². The Morgan fingerprint density at radius 3 is 2.44 bits per heavy atom. The van der Waals surface area contributed by atoms with E-state index in [1.165, 1.54) is 28.3 Å². The molecule has 6 heteroatoms. The van der Waals surface area contributed by atoms with Gasteiger partial charge < -0.3 is 5.32 Å². The predicted molar refractivity (Wildman–Crippen MR) is 101 cm³/mol. The van der Waals surface area contributed by atoms with E-state index in [1.807, 2.05) is 45.0 Å². The fraction of sp³-hybridized carbons (Fsp3) is 0.421. The highest BCUT2D eigenvalue weighted by Gasteiger charge is 2.30. The number of anilines is 1. The van der Waals surface area contributed by atoms with E-state index in [2.05, 4.69) is 12.2 Å². The zero-order chi connectivity index (χ0) is 18.6. The summed E-state index contributed by atoms with van der Waals surface area (Å²) in [5, 5.41) is 3.33. The Hall–Kier alpha value is -2.08. The van der Waals surface area contributed by atoms with Crippen molar-refractivity contribution in [2.75, 3.05) is 17.6 Å². The molecule has 134 valence electrons. The summed E-state index contributed by atoms with van der Waals surface area (Å²) in [6.45, 7) is 7.45. The lowest BCUT2D eigenvalue weighted by molar-refractivity contribution is -0.129. The molecule has 2 amide bonds.